The molecule has 0 radical (unpaired) electrons. The summed E-state index contributed by atoms with van der Waals surface area (Å²) in [6.45, 7) is 10.5. The van der Waals surface area contributed by atoms with Crippen LogP contribution in [0.15, 0.2) is 29.2 Å². The maximum absolute atomic E-state index is 12.7. The zero-order valence-electron chi connectivity index (χ0n) is 14.7. The number of nitrogens with one attached hydrogen (secondary N) is 1. The van der Waals surface area contributed by atoms with E-state index in [4.69, 9.17) is 0 Å². The van der Waals surface area contributed by atoms with Gasteiger partial charge in [0.15, 0.2) is 0 Å². The first kappa shape index (κ1) is 18.9. The molecular weight excluding hydrogens is 326 g/mol. The first-order valence-corrected chi connectivity index (χ1v) is 9.93. The zero-order chi connectivity index (χ0) is 17.7. The van der Waals surface area contributed by atoms with Crippen molar-refractivity contribution in [2.75, 3.05) is 39.3 Å². The number of carbonyl (C=O) groups excluding carboxylic acids is 1. The number of benzene rings is 1. The molecule has 1 amide bonds. The summed E-state index contributed by atoms with van der Waals surface area (Å²) in [5, 5.41) is 0. The van der Waals surface area contributed by atoms with Gasteiger partial charge in [-0.15, -0.1) is 0 Å². The highest BCUT2D eigenvalue weighted by Crippen LogP contribution is 2.15. The number of hydrogen-bond donors (Lipinski definition) is 1. The minimum atomic E-state index is -3.55. The van der Waals surface area contributed by atoms with Gasteiger partial charge in [-0.25, -0.2) is 13.1 Å². The Kier molecular flexibility index (Phi) is 6.37. The van der Waals surface area contributed by atoms with Crippen LogP contribution in [0, 0.1) is 5.92 Å². The Labute approximate surface area is 144 Å². The fourth-order valence-electron chi connectivity index (χ4n) is 2.90. The molecular formula is C17H27N3O3S. The van der Waals surface area contributed by atoms with Crippen LogP contribution in [0.5, 0.6) is 0 Å². The van der Waals surface area contributed by atoms with Gasteiger partial charge in [0.1, 0.15) is 0 Å². The molecule has 2 rings (SSSR count). The molecule has 0 spiro atoms. The summed E-state index contributed by atoms with van der Waals surface area (Å²) in [6, 6.07) is 6.26. The molecule has 1 aliphatic rings. The van der Waals surface area contributed by atoms with Crippen molar-refractivity contribution in [2.45, 2.75) is 25.7 Å². The molecule has 1 aliphatic heterocycles. The molecule has 1 aromatic carbocycles. The van der Waals surface area contributed by atoms with Gasteiger partial charge in [-0.05, 0) is 24.1 Å². The largest absolute Gasteiger partial charge is 0.336 e. The second-order valence-electron chi connectivity index (χ2n) is 6.52. The van der Waals surface area contributed by atoms with E-state index in [-0.39, 0.29) is 10.8 Å². The minimum absolute atomic E-state index is 0.104. The molecule has 0 atom stereocenters. The second-order valence-corrected chi connectivity index (χ2v) is 8.28. The van der Waals surface area contributed by atoms with E-state index in [1.807, 2.05) is 0 Å². The number of carbonyl (C=O) groups is 1. The molecule has 1 saturated heterocycles. The molecule has 1 N–H and O–H groups in total. The van der Waals surface area contributed by atoms with Crippen LogP contribution < -0.4 is 4.72 Å². The lowest BCUT2D eigenvalue weighted by molar-refractivity contribution is 0.0623. The number of amides is 1. The maximum Gasteiger partial charge on any atom is 0.253 e. The number of sulfonamides is 1. The first-order chi connectivity index (χ1) is 11.3. The highest BCUT2D eigenvalue weighted by molar-refractivity contribution is 7.89. The SMILES string of the molecule is CCNS(=O)(=O)c1cccc(C(=O)N2CCN(CC(C)C)CC2)c1. The third kappa shape index (κ3) is 4.78. The highest BCUT2D eigenvalue weighted by Gasteiger charge is 2.23. The third-order valence-electron chi connectivity index (χ3n) is 4.01. The monoisotopic (exact) mass is 353 g/mol. The van der Waals surface area contributed by atoms with Crippen LogP contribution in [0.3, 0.4) is 0 Å². The van der Waals surface area contributed by atoms with Crippen molar-refractivity contribution in [3.8, 4) is 0 Å². The Morgan fingerprint density at radius 1 is 1.21 bits per heavy atom. The number of nitrogens with zero attached hydrogens (tertiary/aromatic N) is 2. The predicted octanol–water partition coefficient (Wildman–Crippen LogP) is 1.40. The fraction of sp³-hybridized carbons (Fsp3) is 0.588. The highest BCUT2D eigenvalue weighted by atomic mass is 32.2. The number of hydrogen-bond acceptors (Lipinski definition) is 4. The van der Waals surface area contributed by atoms with E-state index in [0.717, 1.165) is 19.6 Å². The first-order valence-electron chi connectivity index (χ1n) is 8.45. The van der Waals surface area contributed by atoms with E-state index in [1.165, 1.54) is 12.1 Å². The van der Waals surface area contributed by atoms with Crippen molar-refractivity contribution in [3.63, 3.8) is 0 Å². The Hall–Kier alpha value is -1.44. The Morgan fingerprint density at radius 3 is 2.46 bits per heavy atom. The molecule has 24 heavy (non-hydrogen) atoms. The van der Waals surface area contributed by atoms with E-state index in [1.54, 1.807) is 24.0 Å². The van der Waals surface area contributed by atoms with Crippen LogP contribution in [-0.2, 0) is 10.0 Å². The predicted molar refractivity (Wildman–Crippen MR) is 94.5 cm³/mol. The van der Waals surface area contributed by atoms with Gasteiger partial charge in [0.25, 0.3) is 5.91 Å². The van der Waals surface area contributed by atoms with Crippen molar-refractivity contribution < 1.29 is 13.2 Å². The normalized spacial score (nSPS) is 16.6. The number of rotatable bonds is 6. The molecule has 6 nitrogen and oxygen atoms in total. The average molecular weight is 353 g/mol. The molecule has 1 aromatic rings. The van der Waals surface area contributed by atoms with Gasteiger partial charge < -0.3 is 4.90 Å². The van der Waals surface area contributed by atoms with E-state index >= 15 is 0 Å². The van der Waals surface area contributed by atoms with Crippen LogP contribution in [0.1, 0.15) is 31.1 Å². The zero-order valence-corrected chi connectivity index (χ0v) is 15.5. The molecule has 0 aliphatic carbocycles. The average Bonchev–Trinajstić information content (AvgIpc) is 2.54. The maximum atomic E-state index is 12.7. The lowest BCUT2D eigenvalue weighted by atomic mass is 10.1. The van der Waals surface area contributed by atoms with Crippen molar-refractivity contribution >= 4 is 15.9 Å². The van der Waals surface area contributed by atoms with Crippen molar-refractivity contribution in [1.29, 1.82) is 0 Å². The van der Waals surface area contributed by atoms with Gasteiger partial charge in [-0.1, -0.05) is 26.8 Å². The van der Waals surface area contributed by atoms with Crippen LogP contribution >= 0.6 is 0 Å². The van der Waals surface area contributed by atoms with Crippen molar-refractivity contribution in [3.05, 3.63) is 29.8 Å². The summed E-state index contributed by atoms with van der Waals surface area (Å²) in [7, 11) is -3.55. The second kappa shape index (κ2) is 8.09. The van der Waals surface area contributed by atoms with Crippen molar-refractivity contribution in [2.24, 2.45) is 5.92 Å². The number of piperazine rings is 1. The van der Waals surface area contributed by atoms with E-state index in [2.05, 4.69) is 23.5 Å². The van der Waals surface area contributed by atoms with Gasteiger partial charge in [-0.3, -0.25) is 9.69 Å². The van der Waals surface area contributed by atoms with Crippen LogP contribution in [0.4, 0.5) is 0 Å². The summed E-state index contributed by atoms with van der Waals surface area (Å²) < 4.78 is 26.6. The molecule has 7 heteroatoms. The third-order valence-corrected chi connectivity index (χ3v) is 5.55. The molecule has 134 valence electrons. The molecule has 1 heterocycles. The van der Waals surface area contributed by atoms with Gasteiger partial charge >= 0.3 is 0 Å². The van der Waals surface area contributed by atoms with Gasteiger partial charge in [-0.2, -0.15) is 0 Å². The Balaban J connectivity index is 2.06. The molecule has 1 fully saturated rings. The van der Waals surface area contributed by atoms with Gasteiger partial charge in [0, 0.05) is 44.8 Å². The summed E-state index contributed by atoms with van der Waals surface area (Å²) in [5.41, 5.74) is 0.422. The standard InChI is InChI=1S/C17H27N3O3S/c1-4-18-24(22,23)16-7-5-6-15(12-16)17(21)20-10-8-19(9-11-20)13-14(2)3/h5-7,12,14,18H,4,8-11,13H2,1-3H3. The summed E-state index contributed by atoms with van der Waals surface area (Å²) >= 11 is 0. The minimum Gasteiger partial charge on any atom is -0.336 e. The summed E-state index contributed by atoms with van der Waals surface area (Å²) in [4.78, 5) is 17.0. The Bertz CT molecular complexity index is 665. The van der Waals surface area contributed by atoms with E-state index in [0.29, 0.717) is 31.1 Å². The quantitative estimate of drug-likeness (QED) is 0.839. The van der Waals surface area contributed by atoms with Gasteiger partial charge in [0.05, 0.1) is 4.90 Å². The summed E-state index contributed by atoms with van der Waals surface area (Å²) in [5.74, 6) is 0.507. The van der Waals surface area contributed by atoms with E-state index < -0.39 is 10.0 Å². The molecule has 0 unspecified atom stereocenters. The molecule has 0 saturated carbocycles. The van der Waals surface area contributed by atoms with Gasteiger partial charge in [0.2, 0.25) is 10.0 Å². The Morgan fingerprint density at radius 2 is 1.88 bits per heavy atom. The van der Waals surface area contributed by atoms with Crippen molar-refractivity contribution in [1.82, 2.24) is 14.5 Å². The topological polar surface area (TPSA) is 69.7 Å². The van der Waals surface area contributed by atoms with Crippen LogP contribution in [0.25, 0.3) is 0 Å². The smallest absolute Gasteiger partial charge is 0.253 e. The van der Waals surface area contributed by atoms with Crippen LogP contribution in [0.2, 0.25) is 0 Å². The van der Waals surface area contributed by atoms with Crippen LogP contribution in [-0.4, -0.2) is 63.4 Å². The molecule has 0 bridgehead atoms. The lowest BCUT2D eigenvalue weighted by Crippen LogP contribution is -2.49. The lowest BCUT2D eigenvalue weighted by Gasteiger charge is -2.35. The fourth-order valence-corrected chi connectivity index (χ4v) is 3.99. The summed E-state index contributed by atoms with van der Waals surface area (Å²) in [6.07, 6.45) is 0. The van der Waals surface area contributed by atoms with E-state index in [9.17, 15) is 13.2 Å². The molecule has 0 aromatic heterocycles.